The van der Waals surface area contributed by atoms with Crippen molar-refractivity contribution in [2.45, 2.75) is 6.42 Å². The quantitative estimate of drug-likeness (QED) is 0.248. The van der Waals surface area contributed by atoms with Crippen LogP contribution in [0.5, 0.6) is 0 Å². The number of hydrogen-bond acceptors (Lipinski definition) is 6. The van der Waals surface area contributed by atoms with Crippen molar-refractivity contribution in [2.24, 2.45) is 0 Å². The summed E-state index contributed by atoms with van der Waals surface area (Å²) < 4.78 is 0. The molecule has 0 unspecified atom stereocenters. The van der Waals surface area contributed by atoms with Crippen LogP contribution in [-0.2, 0) is 0 Å². The average Bonchev–Trinajstić information content (AvgIpc) is 3.59. The number of amides is 2. The van der Waals surface area contributed by atoms with E-state index in [1.165, 1.54) is 4.90 Å². The van der Waals surface area contributed by atoms with Crippen molar-refractivity contribution in [2.75, 3.05) is 61.5 Å². The van der Waals surface area contributed by atoms with Crippen LogP contribution in [0.15, 0.2) is 91.1 Å². The molecule has 3 aromatic carbocycles. The summed E-state index contributed by atoms with van der Waals surface area (Å²) in [5.41, 5.74) is 4.40. The first-order valence-corrected chi connectivity index (χ1v) is 14.1. The molecule has 9 heteroatoms. The van der Waals surface area contributed by atoms with E-state index in [0.717, 1.165) is 44.8 Å². The first-order chi connectivity index (χ1) is 20.4. The van der Waals surface area contributed by atoms with Crippen LogP contribution in [-0.4, -0.2) is 79.0 Å². The molecule has 5 rings (SSSR count). The number of hydrogen-bond donors (Lipinski definition) is 3. The highest BCUT2D eigenvalue weighted by atomic mass is 16.3. The number of nitrogens with zero attached hydrogens (tertiary/aromatic N) is 3. The van der Waals surface area contributed by atoms with E-state index in [9.17, 15) is 14.4 Å². The minimum Gasteiger partial charge on any atom is -0.396 e. The Kier molecular flexibility index (Phi) is 9.11. The van der Waals surface area contributed by atoms with Crippen LogP contribution >= 0.6 is 0 Å². The highest BCUT2D eigenvalue weighted by Gasteiger charge is 2.18. The first-order valence-electron chi connectivity index (χ1n) is 14.1. The Morgan fingerprint density at radius 3 is 2.05 bits per heavy atom. The molecule has 1 aliphatic rings. The van der Waals surface area contributed by atoms with Crippen molar-refractivity contribution < 1.29 is 19.5 Å². The number of carbonyl (C=O) groups is 3. The summed E-state index contributed by atoms with van der Waals surface area (Å²) in [6.45, 7) is 4.88. The van der Waals surface area contributed by atoms with Gasteiger partial charge >= 0.3 is 0 Å². The fraction of sp³-hybridized carbons (Fsp3) is 0.242. The van der Waals surface area contributed by atoms with Crippen LogP contribution in [0, 0.1) is 0 Å². The summed E-state index contributed by atoms with van der Waals surface area (Å²) >= 11 is 0. The van der Waals surface area contributed by atoms with Gasteiger partial charge in [-0.1, -0.05) is 0 Å². The molecular formula is C33H35N5O4. The van der Waals surface area contributed by atoms with Gasteiger partial charge in [0.15, 0.2) is 5.78 Å². The minimum atomic E-state index is -0.219. The van der Waals surface area contributed by atoms with Crippen molar-refractivity contribution in [3.05, 3.63) is 114 Å². The smallest absolute Gasteiger partial charge is 0.274 e. The molecule has 1 aliphatic heterocycles. The Bertz CT molecular complexity index is 1490. The third kappa shape index (κ3) is 6.76. The molecule has 42 heavy (non-hydrogen) atoms. The lowest BCUT2D eigenvalue weighted by Crippen LogP contribution is -2.46. The van der Waals surface area contributed by atoms with Gasteiger partial charge in [0.25, 0.3) is 11.8 Å². The Balaban J connectivity index is 1.14. The largest absolute Gasteiger partial charge is 0.396 e. The number of aliphatic hydroxyl groups excluding tert-OH is 1. The number of H-pyrrole nitrogens is 1. The number of aliphatic hydroxyl groups is 1. The van der Waals surface area contributed by atoms with Gasteiger partial charge in [-0.2, -0.15) is 0 Å². The summed E-state index contributed by atoms with van der Waals surface area (Å²) in [5, 5.41) is 11.9. The molecule has 4 aromatic rings. The van der Waals surface area contributed by atoms with Crippen LogP contribution in [0.25, 0.3) is 0 Å². The van der Waals surface area contributed by atoms with Crippen LogP contribution in [0.4, 0.5) is 17.1 Å². The van der Waals surface area contributed by atoms with Gasteiger partial charge in [-0.3, -0.25) is 19.3 Å². The molecule has 0 radical (unpaired) electrons. The van der Waals surface area contributed by atoms with Gasteiger partial charge in [0.1, 0.15) is 5.69 Å². The van der Waals surface area contributed by atoms with Gasteiger partial charge in [0.05, 0.1) is 0 Å². The number of aromatic amines is 1. The molecule has 2 amide bonds. The number of benzene rings is 3. The Morgan fingerprint density at radius 2 is 1.45 bits per heavy atom. The van der Waals surface area contributed by atoms with Crippen LogP contribution in [0.3, 0.4) is 0 Å². The van der Waals surface area contributed by atoms with E-state index in [4.69, 9.17) is 5.11 Å². The number of carbonyl (C=O) groups excluding carboxylic acids is 3. The Labute approximate surface area is 245 Å². The highest BCUT2D eigenvalue weighted by Crippen LogP contribution is 2.21. The zero-order valence-electron chi connectivity index (χ0n) is 23.6. The van der Waals surface area contributed by atoms with Crippen molar-refractivity contribution in [3.63, 3.8) is 0 Å². The highest BCUT2D eigenvalue weighted by molar-refractivity contribution is 6.10. The number of piperazine rings is 1. The van der Waals surface area contributed by atoms with Gasteiger partial charge in [0.2, 0.25) is 0 Å². The predicted molar refractivity (Wildman–Crippen MR) is 165 cm³/mol. The third-order valence-electron chi connectivity index (χ3n) is 7.55. The standard InChI is InChI=1S/C33H35N5O4/c1-36(33(42)30-4-2-17-34-30)28-13-7-25(8-14-28)31(40)24-5-11-27(12-6-24)35-32(41)26-9-15-29(16-10-26)38-21-19-37(20-22-38)18-3-23-39/h2,4-17,34,39H,3,18-23H2,1H3,(H,35,41). The lowest BCUT2D eigenvalue weighted by molar-refractivity contribution is 0.0986. The van der Waals surface area contributed by atoms with E-state index in [0.29, 0.717) is 33.8 Å². The molecule has 3 N–H and O–H groups in total. The number of ketones is 1. The second-order valence-corrected chi connectivity index (χ2v) is 10.3. The maximum atomic E-state index is 13.0. The number of rotatable bonds is 10. The molecule has 0 atom stereocenters. The van der Waals surface area contributed by atoms with E-state index < -0.39 is 0 Å². The van der Waals surface area contributed by atoms with E-state index in [1.807, 2.05) is 24.3 Å². The Hall–Kier alpha value is -4.73. The lowest BCUT2D eigenvalue weighted by atomic mass is 10.0. The third-order valence-corrected chi connectivity index (χ3v) is 7.55. The zero-order chi connectivity index (χ0) is 29.5. The predicted octanol–water partition coefficient (Wildman–Crippen LogP) is 4.28. The van der Waals surface area contributed by atoms with Gasteiger partial charge in [-0.25, -0.2) is 0 Å². The normalized spacial score (nSPS) is 13.5. The molecule has 1 aromatic heterocycles. The maximum Gasteiger partial charge on any atom is 0.274 e. The molecular weight excluding hydrogens is 530 g/mol. The number of nitrogens with one attached hydrogen (secondary N) is 2. The van der Waals surface area contributed by atoms with E-state index in [2.05, 4.69) is 20.1 Å². The van der Waals surface area contributed by atoms with Gasteiger partial charge in [0, 0.05) is 86.3 Å². The molecule has 2 heterocycles. The van der Waals surface area contributed by atoms with Crippen LogP contribution < -0.4 is 15.1 Å². The van der Waals surface area contributed by atoms with Crippen molar-refractivity contribution in [1.82, 2.24) is 9.88 Å². The molecule has 1 fully saturated rings. The lowest BCUT2D eigenvalue weighted by Gasteiger charge is -2.36. The van der Waals surface area contributed by atoms with Gasteiger partial charge < -0.3 is 25.2 Å². The topological polar surface area (TPSA) is 109 Å². The number of aromatic nitrogens is 1. The number of anilines is 3. The second kappa shape index (κ2) is 13.3. The summed E-state index contributed by atoms with van der Waals surface area (Å²) in [6, 6.07) is 24.8. The zero-order valence-corrected chi connectivity index (χ0v) is 23.6. The van der Waals surface area contributed by atoms with Gasteiger partial charge in [-0.15, -0.1) is 0 Å². The fourth-order valence-electron chi connectivity index (χ4n) is 5.02. The monoisotopic (exact) mass is 565 g/mol. The van der Waals surface area contributed by atoms with Crippen LogP contribution in [0.2, 0.25) is 0 Å². The molecule has 216 valence electrons. The van der Waals surface area contributed by atoms with E-state index in [1.54, 1.807) is 73.9 Å². The van der Waals surface area contributed by atoms with Crippen molar-refractivity contribution in [3.8, 4) is 0 Å². The fourth-order valence-corrected chi connectivity index (χ4v) is 5.02. The summed E-state index contributed by atoms with van der Waals surface area (Å²) in [5.74, 6) is -0.539. The molecule has 0 saturated carbocycles. The van der Waals surface area contributed by atoms with E-state index in [-0.39, 0.29) is 24.2 Å². The second-order valence-electron chi connectivity index (χ2n) is 10.3. The summed E-state index contributed by atoms with van der Waals surface area (Å²) in [4.78, 5) is 47.5. The Morgan fingerprint density at radius 1 is 0.833 bits per heavy atom. The summed E-state index contributed by atoms with van der Waals surface area (Å²) in [6.07, 6.45) is 2.50. The van der Waals surface area contributed by atoms with Crippen molar-refractivity contribution >= 4 is 34.7 Å². The molecule has 0 bridgehead atoms. The van der Waals surface area contributed by atoms with Crippen LogP contribution in [0.1, 0.15) is 43.2 Å². The molecule has 0 spiro atoms. The van der Waals surface area contributed by atoms with Gasteiger partial charge in [-0.05, 0) is 91.3 Å². The first kappa shape index (κ1) is 28.8. The molecule has 0 aliphatic carbocycles. The van der Waals surface area contributed by atoms with Crippen molar-refractivity contribution in [1.29, 1.82) is 0 Å². The maximum absolute atomic E-state index is 13.0. The average molecular weight is 566 g/mol. The minimum absolute atomic E-state index is 0.150. The SMILES string of the molecule is CN(C(=O)c1ccc[nH]1)c1ccc(C(=O)c2ccc(NC(=O)c3ccc(N4CCN(CCCO)CC4)cc3)cc2)cc1. The summed E-state index contributed by atoms with van der Waals surface area (Å²) in [7, 11) is 1.69. The van der Waals surface area contributed by atoms with E-state index >= 15 is 0 Å². The molecule has 1 saturated heterocycles. The molecule has 9 nitrogen and oxygen atoms in total.